The third-order valence-electron chi connectivity index (χ3n) is 3.78. The van der Waals surface area contributed by atoms with Crippen molar-refractivity contribution in [3.63, 3.8) is 0 Å². The van der Waals surface area contributed by atoms with Crippen LogP contribution in [0.4, 0.5) is 0 Å². The zero-order valence-corrected chi connectivity index (χ0v) is 10.6. The fraction of sp³-hybridized carbons (Fsp3) is 1.00. The zero-order valence-electron chi connectivity index (χ0n) is 10.6. The van der Waals surface area contributed by atoms with Gasteiger partial charge in [-0.25, -0.2) is 0 Å². The zero-order chi connectivity index (χ0) is 11.2. The van der Waals surface area contributed by atoms with Gasteiger partial charge in [-0.2, -0.15) is 0 Å². The molecule has 2 aliphatic rings. The van der Waals surface area contributed by atoms with Gasteiger partial charge in [-0.15, -0.1) is 0 Å². The number of nitrogens with one attached hydrogen (secondary N) is 1. The van der Waals surface area contributed by atoms with E-state index in [0.717, 1.165) is 12.6 Å². The third-order valence-corrected chi connectivity index (χ3v) is 3.78. The third kappa shape index (κ3) is 3.44. The van der Waals surface area contributed by atoms with E-state index in [1.165, 1.54) is 58.3 Å². The Labute approximate surface area is 99.5 Å². The van der Waals surface area contributed by atoms with Crippen molar-refractivity contribution in [1.82, 2.24) is 10.2 Å². The maximum absolute atomic E-state index is 5.66. The minimum atomic E-state index is 0.572. The molecule has 1 N–H and O–H groups in total. The molecule has 0 aliphatic carbocycles. The van der Waals surface area contributed by atoms with Crippen molar-refractivity contribution in [1.29, 1.82) is 0 Å². The van der Waals surface area contributed by atoms with Crippen LogP contribution in [0.5, 0.6) is 0 Å². The summed E-state index contributed by atoms with van der Waals surface area (Å²) in [4.78, 5) is 2.66. The van der Waals surface area contributed by atoms with Gasteiger partial charge in [-0.3, -0.25) is 4.90 Å². The molecule has 0 spiro atoms. The van der Waals surface area contributed by atoms with Crippen LogP contribution in [0.3, 0.4) is 0 Å². The second-order valence-corrected chi connectivity index (χ2v) is 5.13. The molecule has 1 atom stereocenters. The first-order valence-electron chi connectivity index (χ1n) is 6.96. The normalized spacial score (nSPS) is 26.2. The molecule has 16 heavy (non-hydrogen) atoms. The molecule has 0 radical (unpaired) electrons. The van der Waals surface area contributed by atoms with E-state index in [1.807, 2.05) is 0 Å². The molecule has 94 valence electrons. The van der Waals surface area contributed by atoms with Gasteiger partial charge in [-0.05, 0) is 45.2 Å². The van der Waals surface area contributed by atoms with Crippen LogP contribution < -0.4 is 5.32 Å². The molecule has 3 nitrogen and oxygen atoms in total. The molecule has 0 amide bonds. The van der Waals surface area contributed by atoms with Crippen LogP contribution in [0.15, 0.2) is 0 Å². The van der Waals surface area contributed by atoms with Crippen molar-refractivity contribution in [3.8, 4) is 0 Å². The Balaban J connectivity index is 1.60. The lowest BCUT2D eigenvalue weighted by atomic mass is 10.1. The van der Waals surface area contributed by atoms with Gasteiger partial charge >= 0.3 is 0 Å². The predicted octanol–water partition coefficient (Wildman–Crippen LogP) is 1.63. The van der Waals surface area contributed by atoms with E-state index in [0.29, 0.717) is 6.10 Å². The number of rotatable bonds is 7. The molecule has 0 aromatic carbocycles. The first kappa shape index (κ1) is 12.3. The maximum atomic E-state index is 5.66. The molecular weight excluding hydrogens is 200 g/mol. The van der Waals surface area contributed by atoms with E-state index < -0.39 is 0 Å². The maximum Gasteiger partial charge on any atom is 0.0576 e. The summed E-state index contributed by atoms with van der Waals surface area (Å²) in [5.41, 5.74) is 0. The summed E-state index contributed by atoms with van der Waals surface area (Å²) in [6.45, 7) is 8.19. The topological polar surface area (TPSA) is 24.5 Å². The second kappa shape index (κ2) is 6.58. The fourth-order valence-electron chi connectivity index (χ4n) is 2.69. The summed E-state index contributed by atoms with van der Waals surface area (Å²) in [7, 11) is 0. The van der Waals surface area contributed by atoms with Crippen LogP contribution in [0, 0.1) is 0 Å². The van der Waals surface area contributed by atoms with Crippen LogP contribution in [0.1, 0.15) is 39.0 Å². The molecular formula is C13H26N2O. The number of ether oxygens (including phenoxy) is 1. The first-order valence-corrected chi connectivity index (χ1v) is 6.96. The molecule has 0 bridgehead atoms. The van der Waals surface area contributed by atoms with Gasteiger partial charge in [0, 0.05) is 25.7 Å². The molecule has 2 saturated heterocycles. The smallest absolute Gasteiger partial charge is 0.0576 e. The highest BCUT2D eigenvalue weighted by Gasteiger charge is 2.23. The average Bonchev–Trinajstić information content (AvgIpc) is 2.68. The van der Waals surface area contributed by atoms with E-state index in [9.17, 15) is 0 Å². The Kier molecular flexibility index (Phi) is 5.07. The van der Waals surface area contributed by atoms with E-state index in [4.69, 9.17) is 4.74 Å². The van der Waals surface area contributed by atoms with E-state index in [2.05, 4.69) is 17.1 Å². The molecule has 0 saturated carbocycles. The van der Waals surface area contributed by atoms with Gasteiger partial charge in [0.1, 0.15) is 0 Å². The highest BCUT2D eigenvalue weighted by Crippen LogP contribution is 2.17. The summed E-state index contributed by atoms with van der Waals surface area (Å²) in [6, 6.07) is 0.810. The highest BCUT2D eigenvalue weighted by molar-refractivity contribution is 4.84. The van der Waals surface area contributed by atoms with Crippen molar-refractivity contribution in [3.05, 3.63) is 0 Å². The van der Waals surface area contributed by atoms with Crippen LogP contribution in [-0.4, -0.2) is 49.8 Å². The second-order valence-electron chi connectivity index (χ2n) is 5.13. The van der Waals surface area contributed by atoms with Crippen molar-refractivity contribution in [2.24, 2.45) is 0 Å². The molecule has 2 rings (SSSR count). The summed E-state index contributed by atoms with van der Waals surface area (Å²) >= 11 is 0. The summed E-state index contributed by atoms with van der Waals surface area (Å²) in [5, 5.41) is 3.37. The minimum Gasteiger partial charge on any atom is -0.378 e. The van der Waals surface area contributed by atoms with Crippen LogP contribution in [-0.2, 0) is 4.74 Å². The molecule has 3 heteroatoms. The molecule has 2 aliphatic heterocycles. The standard InChI is InChI=1S/C13H26N2O/c1-2-7-15(12-10-14-11-12)8-3-5-13-6-4-9-16-13/h12-14H,2-11H2,1H3. The monoisotopic (exact) mass is 226 g/mol. The van der Waals surface area contributed by atoms with Gasteiger partial charge in [0.05, 0.1) is 6.10 Å². The Bertz CT molecular complexity index is 188. The van der Waals surface area contributed by atoms with Crippen molar-refractivity contribution in [2.45, 2.75) is 51.2 Å². The number of hydrogen-bond donors (Lipinski definition) is 1. The van der Waals surface area contributed by atoms with Crippen molar-refractivity contribution < 1.29 is 4.74 Å². The van der Waals surface area contributed by atoms with Crippen LogP contribution in [0.2, 0.25) is 0 Å². The predicted molar refractivity (Wildman–Crippen MR) is 66.7 cm³/mol. The lowest BCUT2D eigenvalue weighted by molar-refractivity contribution is 0.0911. The molecule has 2 heterocycles. The van der Waals surface area contributed by atoms with Crippen LogP contribution >= 0.6 is 0 Å². The van der Waals surface area contributed by atoms with Gasteiger partial charge in [-0.1, -0.05) is 6.92 Å². The van der Waals surface area contributed by atoms with Gasteiger partial charge in [0.25, 0.3) is 0 Å². The van der Waals surface area contributed by atoms with Gasteiger partial charge in [0.2, 0.25) is 0 Å². The molecule has 2 fully saturated rings. The highest BCUT2D eigenvalue weighted by atomic mass is 16.5. The fourth-order valence-corrected chi connectivity index (χ4v) is 2.69. The molecule has 1 unspecified atom stereocenters. The van der Waals surface area contributed by atoms with Gasteiger partial charge < -0.3 is 10.1 Å². The van der Waals surface area contributed by atoms with E-state index in [1.54, 1.807) is 0 Å². The Morgan fingerprint density at radius 2 is 2.19 bits per heavy atom. The van der Waals surface area contributed by atoms with Gasteiger partial charge in [0.15, 0.2) is 0 Å². The quantitative estimate of drug-likeness (QED) is 0.714. The lowest BCUT2D eigenvalue weighted by Crippen LogP contribution is -2.57. The summed E-state index contributed by atoms with van der Waals surface area (Å²) in [6.07, 6.45) is 6.98. The van der Waals surface area contributed by atoms with Crippen LogP contribution in [0.25, 0.3) is 0 Å². The molecule has 0 aromatic rings. The van der Waals surface area contributed by atoms with Crippen molar-refractivity contribution >= 4 is 0 Å². The van der Waals surface area contributed by atoms with E-state index >= 15 is 0 Å². The first-order chi connectivity index (χ1) is 7.90. The van der Waals surface area contributed by atoms with Crippen molar-refractivity contribution in [2.75, 3.05) is 32.8 Å². The SMILES string of the molecule is CCCN(CCCC1CCCO1)C1CNC1. The largest absolute Gasteiger partial charge is 0.378 e. The summed E-state index contributed by atoms with van der Waals surface area (Å²) in [5.74, 6) is 0. The minimum absolute atomic E-state index is 0.572. The molecule has 0 aromatic heterocycles. The Morgan fingerprint density at radius 1 is 1.31 bits per heavy atom. The number of hydrogen-bond acceptors (Lipinski definition) is 3. The number of nitrogens with zero attached hydrogens (tertiary/aromatic N) is 1. The average molecular weight is 226 g/mol. The summed E-state index contributed by atoms with van der Waals surface area (Å²) < 4.78 is 5.66. The Morgan fingerprint density at radius 3 is 2.75 bits per heavy atom. The Hall–Kier alpha value is -0.120. The van der Waals surface area contributed by atoms with E-state index in [-0.39, 0.29) is 0 Å². The lowest BCUT2D eigenvalue weighted by Gasteiger charge is -2.38.